The molecule has 0 bridgehead atoms. The summed E-state index contributed by atoms with van der Waals surface area (Å²) in [6, 6.07) is 5.57. The molecule has 0 aliphatic carbocycles. The van der Waals surface area contributed by atoms with E-state index in [0.29, 0.717) is 0 Å². The fourth-order valence-corrected chi connectivity index (χ4v) is 2.67. The molecule has 0 aliphatic heterocycles. The Kier molecular flexibility index (Phi) is 4.30. The maximum absolute atomic E-state index is 11.6. The molecule has 0 saturated heterocycles. The molecule has 0 spiro atoms. The number of hydrogen-bond acceptors (Lipinski definition) is 4. The maximum atomic E-state index is 11.6. The molecule has 0 saturated carbocycles. The third-order valence-corrected chi connectivity index (χ3v) is 4.55. The number of hydrogen-bond donors (Lipinski definition) is 2. The monoisotopic (exact) mass is 256 g/mol. The number of nitrogens with one attached hydrogen (secondary N) is 1. The summed E-state index contributed by atoms with van der Waals surface area (Å²) in [4.78, 5) is 0. The lowest BCUT2D eigenvalue weighted by Gasteiger charge is -2.23. The Bertz CT molecular complexity index is 477. The Morgan fingerprint density at radius 3 is 2.00 bits per heavy atom. The van der Waals surface area contributed by atoms with Gasteiger partial charge in [-0.1, -0.05) is 29.3 Å². The molecular weight excluding hydrogens is 236 g/mol. The van der Waals surface area contributed by atoms with E-state index in [0.717, 1.165) is 16.7 Å². The molecule has 3 N–H and O–H groups in total. The average molecular weight is 256 g/mol. The van der Waals surface area contributed by atoms with Gasteiger partial charge in [0.15, 0.2) is 9.84 Å². The highest BCUT2D eigenvalue weighted by atomic mass is 32.2. The van der Waals surface area contributed by atoms with Crippen LogP contribution in [0.15, 0.2) is 18.2 Å². The number of aryl methyl sites for hydroxylation is 2. The smallest absolute Gasteiger partial charge is 0.151 e. The van der Waals surface area contributed by atoms with Crippen molar-refractivity contribution in [3.63, 3.8) is 0 Å². The second kappa shape index (κ2) is 5.16. The summed E-state index contributed by atoms with van der Waals surface area (Å²) in [5, 5.41) is -0.561. The molecular formula is C12H20N2O2S. The van der Waals surface area contributed by atoms with E-state index in [1.807, 2.05) is 32.0 Å². The number of nitrogens with two attached hydrogens (primary N) is 1. The molecule has 1 aromatic rings. The third-order valence-electron chi connectivity index (χ3n) is 2.93. The van der Waals surface area contributed by atoms with E-state index in [9.17, 15) is 8.42 Å². The molecule has 17 heavy (non-hydrogen) atoms. The Balaban J connectivity index is 3.18. The molecule has 0 heterocycles. The van der Waals surface area contributed by atoms with Crippen LogP contribution in [0.2, 0.25) is 0 Å². The van der Waals surface area contributed by atoms with Crippen LogP contribution in [-0.4, -0.2) is 19.9 Å². The SMILES string of the molecule is Cc1cc(C)cc(C(NN)C(C)S(C)(=O)=O)c1. The van der Waals surface area contributed by atoms with E-state index in [1.165, 1.54) is 6.26 Å². The summed E-state index contributed by atoms with van der Waals surface area (Å²) in [5.74, 6) is 5.49. The lowest BCUT2D eigenvalue weighted by molar-refractivity contribution is 0.513. The van der Waals surface area contributed by atoms with Crippen LogP contribution < -0.4 is 11.3 Å². The first-order chi connectivity index (χ1) is 7.75. The number of hydrazine groups is 1. The summed E-state index contributed by atoms with van der Waals surface area (Å²) in [6.07, 6.45) is 1.23. The van der Waals surface area contributed by atoms with E-state index >= 15 is 0 Å². The van der Waals surface area contributed by atoms with Gasteiger partial charge in [-0.15, -0.1) is 0 Å². The number of benzene rings is 1. The van der Waals surface area contributed by atoms with Gasteiger partial charge in [0.05, 0.1) is 11.3 Å². The van der Waals surface area contributed by atoms with Crippen molar-refractivity contribution < 1.29 is 8.42 Å². The normalized spacial score (nSPS) is 15.6. The van der Waals surface area contributed by atoms with Crippen molar-refractivity contribution in [2.45, 2.75) is 32.1 Å². The van der Waals surface area contributed by atoms with Gasteiger partial charge < -0.3 is 0 Å². The number of rotatable bonds is 4. The summed E-state index contributed by atoms with van der Waals surface area (Å²) in [7, 11) is -3.13. The van der Waals surface area contributed by atoms with Gasteiger partial charge >= 0.3 is 0 Å². The third kappa shape index (κ3) is 3.52. The molecule has 1 rings (SSSR count). The fourth-order valence-electron chi connectivity index (χ4n) is 1.94. The van der Waals surface area contributed by atoms with Crippen molar-refractivity contribution in [3.8, 4) is 0 Å². The van der Waals surface area contributed by atoms with Crippen molar-refractivity contribution in [2.24, 2.45) is 5.84 Å². The van der Waals surface area contributed by atoms with Crippen LogP contribution in [0, 0.1) is 13.8 Å². The zero-order valence-corrected chi connectivity index (χ0v) is 11.5. The summed E-state index contributed by atoms with van der Waals surface area (Å²) in [6.45, 7) is 5.63. The Morgan fingerprint density at radius 2 is 1.65 bits per heavy atom. The molecule has 96 valence electrons. The zero-order chi connectivity index (χ0) is 13.2. The van der Waals surface area contributed by atoms with Crippen molar-refractivity contribution in [3.05, 3.63) is 34.9 Å². The van der Waals surface area contributed by atoms with Gasteiger partial charge in [-0.25, -0.2) is 8.42 Å². The minimum Gasteiger partial charge on any atom is -0.271 e. The molecule has 0 amide bonds. The molecule has 4 nitrogen and oxygen atoms in total. The predicted molar refractivity (Wildman–Crippen MR) is 70.3 cm³/mol. The van der Waals surface area contributed by atoms with Crippen LogP contribution in [0.5, 0.6) is 0 Å². The summed E-state index contributed by atoms with van der Waals surface area (Å²) < 4.78 is 23.2. The van der Waals surface area contributed by atoms with Crippen LogP contribution in [-0.2, 0) is 9.84 Å². The van der Waals surface area contributed by atoms with Crippen LogP contribution in [0.4, 0.5) is 0 Å². The number of sulfone groups is 1. The van der Waals surface area contributed by atoms with Crippen LogP contribution in [0.1, 0.15) is 29.7 Å². The average Bonchev–Trinajstić information content (AvgIpc) is 2.15. The van der Waals surface area contributed by atoms with Crippen LogP contribution in [0.3, 0.4) is 0 Å². The molecule has 2 unspecified atom stereocenters. The van der Waals surface area contributed by atoms with Gasteiger partial charge in [-0.2, -0.15) is 0 Å². The summed E-state index contributed by atoms with van der Waals surface area (Å²) in [5.41, 5.74) is 5.70. The largest absolute Gasteiger partial charge is 0.271 e. The molecule has 0 aliphatic rings. The molecule has 0 radical (unpaired) electrons. The molecule has 0 aromatic heterocycles. The van der Waals surface area contributed by atoms with Gasteiger partial charge in [0.25, 0.3) is 0 Å². The molecule has 1 aromatic carbocycles. The first kappa shape index (κ1) is 14.2. The highest BCUT2D eigenvalue weighted by molar-refractivity contribution is 7.91. The second-order valence-corrected chi connectivity index (χ2v) is 7.00. The van der Waals surface area contributed by atoms with Gasteiger partial charge in [-0.05, 0) is 26.3 Å². The van der Waals surface area contributed by atoms with Gasteiger partial charge in [0.2, 0.25) is 0 Å². The lowest BCUT2D eigenvalue weighted by Crippen LogP contribution is -2.38. The second-order valence-electron chi connectivity index (χ2n) is 4.60. The lowest BCUT2D eigenvalue weighted by atomic mass is 10.00. The predicted octanol–water partition coefficient (Wildman–Crippen LogP) is 1.24. The van der Waals surface area contributed by atoms with E-state index in [1.54, 1.807) is 6.92 Å². The van der Waals surface area contributed by atoms with Gasteiger partial charge in [0.1, 0.15) is 0 Å². The summed E-state index contributed by atoms with van der Waals surface area (Å²) >= 11 is 0. The van der Waals surface area contributed by atoms with Crippen LogP contribution >= 0.6 is 0 Å². The van der Waals surface area contributed by atoms with E-state index < -0.39 is 15.1 Å². The highest BCUT2D eigenvalue weighted by Gasteiger charge is 2.26. The van der Waals surface area contributed by atoms with Crippen molar-refractivity contribution in [2.75, 3.05) is 6.26 Å². The quantitative estimate of drug-likeness (QED) is 0.628. The fraction of sp³-hybridized carbons (Fsp3) is 0.500. The van der Waals surface area contributed by atoms with E-state index in [4.69, 9.17) is 5.84 Å². The topological polar surface area (TPSA) is 72.2 Å². The standard InChI is InChI=1S/C12H20N2O2S/c1-8-5-9(2)7-11(6-8)12(14-13)10(3)17(4,15)16/h5-7,10,12,14H,13H2,1-4H3. The van der Waals surface area contributed by atoms with Crippen molar-refractivity contribution in [1.29, 1.82) is 0 Å². The van der Waals surface area contributed by atoms with Crippen LogP contribution in [0.25, 0.3) is 0 Å². The van der Waals surface area contributed by atoms with Crippen molar-refractivity contribution in [1.82, 2.24) is 5.43 Å². The molecule has 2 atom stereocenters. The zero-order valence-electron chi connectivity index (χ0n) is 10.7. The molecule has 5 heteroatoms. The maximum Gasteiger partial charge on any atom is 0.151 e. The minimum absolute atomic E-state index is 0.386. The molecule has 0 fully saturated rings. The first-order valence-electron chi connectivity index (χ1n) is 5.49. The van der Waals surface area contributed by atoms with Crippen molar-refractivity contribution >= 4 is 9.84 Å². The van der Waals surface area contributed by atoms with E-state index in [2.05, 4.69) is 5.43 Å². The van der Waals surface area contributed by atoms with E-state index in [-0.39, 0.29) is 6.04 Å². The Labute approximate surface area is 103 Å². The van der Waals surface area contributed by atoms with Gasteiger partial charge in [-0.3, -0.25) is 11.3 Å². The van der Waals surface area contributed by atoms with Gasteiger partial charge in [0, 0.05) is 6.26 Å². The minimum atomic E-state index is -3.13. The Morgan fingerprint density at radius 1 is 1.18 bits per heavy atom. The first-order valence-corrected chi connectivity index (χ1v) is 7.44. The highest BCUT2D eigenvalue weighted by Crippen LogP contribution is 2.23. The Hall–Kier alpha value is -0.910.